The number of hydrogen-bond acceptors (Lipinski definition) is 3. The SMILES string of the molecule is Cc1cccc(OC2CCN(C(=O)NC(C)C)C2)n1. The fourth-order valence-electron chi connectivity index (χ4n) is 2.10. The minimum atomic E-state index is -0.0155. The number of nitrogens with zero attached hydrogens (tertiary/aromatic N) is 2. The average Bonchev–Trinajstić information content (AvgIpc) is 2.76. The Hall–Kier alpha value is -1.78. The first-order chi connectivity index (χ1) is 9.04. The summed E-state index contributed by atoms with van der Waals surface area (Å²) in [5.41, 5.74) is 0.935. The van der Waals surface area contributed by atoms with Gasteiger partial charge in [0.1, 0.15) is 6.10 Å². The summed E-state index contributed by atoms with van der Waals surface area (Å²) in [4.78, 5) is 18.0. The fraction of sp³-hybridized carbons (Fsp3) is 0.571. The Morgan fingerprint density at radius 2 is 2.32 bits per heavy atom. The van der Waals surface area contributed by atoms with Gasteiger partial charge in [-0.05, 0) is 26.8 Å². The molecule has 5 nitrogen and oxygen atoms in total. The van der Waals surface area contributed by atoms with Gasteiger partial charge in [-0.3, -0.25) is 0 Å². The molecule has 1 aromatic rings. The van der Waals surface area contributed by atoms with Crippen molar-refractivity contribution < 1.29 is 9.53 Å². The highest BCUT2D eigenvalue weighted by Gasteiger charge is 2.28. The van der Waals surface area contributed by atoms with Gasteiger partial charge in [-0.25, -0.2) is 9.78 Å². The summed E-state index contributed by atoms with van der Waals surface area (Å²) in [6.07, 6.45) is 0.883. The molecule has 2 heterocycles. The number of rotatable bonds is 3. The van der Waals surface area contributed by atoms with E-state index in [1.165, 1.54) is 0 Å². The molecule has 1 unspecified atom stereocenters. The van der Waals surface area contributed by atoms with Crippen molar-refractivity contribution in [2.24, 2.45) is 0 Å². The Balaban J connectivity index is 1.87. The van der Waals surface area contributed by atoms with Crippen LogP contribution >= 0.6 is 0 Å². The van der Waals surface area contributed by atoms with E-state index in [-0.39, 0.29) is 18.2 Å². The van der Waals surface area contributed by atoms with Crippen LogP contribution in [0.15, 0.2) is 18.2 Å². The van der Waals surface area contributed by atoms with Crippen LogP contribution in [-0.2, 0) is 0 Å². The second-order valence-corrected chi connectivity index (χ2v) is 5.20. The molecule has 1 atom stereocenters. The van der Waals surface area contributed by atoms with Crippen molar-refractivity contribution >= 4 is 6.03 Å². The summed E-state index contributed by atoms with van der Waals surface area (Å²) in [6, 6.07) is 5.85. The topological polar surface area (TPSA) is 54.5 Å². The van der Waals surface area contributed by atoms with E-state index in [1.807, 2.05) is 39.0 Å². The van der Waals surface area contributed by atoms with E-state index in [0.29, 0.717) is 12.4 Å². The first kappa shape index (κ1) is 13.6. The molecule has 104 valence electrons. The van der Waals surface area contributed by atoms with Gasteiger partial charge in [0.2, 0.25) is 5.88 Å². The normalized spacial score (nSPS) is 18.7. The summed E-state index contributed by atoms with van der Waals surface area (Å²) in [5, 5.41) is 2.89. The largest absolute Gasteiger partial charge is 0.472 e. The smallest absolute Gasteiger partial charge is 0.317 e. The van der Waals surface area contributed by atoms with Crippen LogP contribution < -0.4 is 10.1 Å². The van der Waals surface area contributed by atoms with Crippen molar-refractivity contribution in [1.82, 2.24) is 15.2 Å². The quantitative estimate of drug-likeness (QED) is 0.907. The van der Waals surface area contributed by atoms with Gasteiger partial charge >= 0.3 is 6.03 Å². The third-order valence-electron chi connectivity index (χ3n) is 2.99. The van der Waals surface area contributed by atoms with Crippen molar-refractivity contribution in [2.45, 2.75) is 39.3 Å². The van der Waals surface area contributed by atoms with Gasteiger partial charge in [-0.15, -0.1) is 0 Å². The van der Waals surface area contributed by atoms with Crippen LogP contribution in [-0.4, -0.2) is 41.2 Å². The summed E-state index contributed by atoms with van der Waals surface area (Å²) in [6.45, 7) is 7.20. The van der Waals surface area contributed by atoms with Gasteiger partial charge < -0.3 is 15.0 Å². The molecule has 2 rings (SSSR count). The van der Waals surface area contributed by atoms with E-state index < -0.39 is 0 Å². The lowest BCUT2D eigenvalue weighted by Crippen LogP contribution is -2.42. The zero-order chi connectivity index (χ0) is 13.8. The summed E-state index contributed by atoms with van der Waals surface area (Å²) < 4.78 is 5.81. The lowest BCUT2D eigenvalue weighted by molar-refractivity contribution is 0.181. The molecule has 0 bridgehead atoms. The van der Waals surface area contributed by atoms with E-state index in [1.54, 1.807) is 4.90 Å². The number of carbonyl (C=O) groups is 1. The highest BCUT2D eigenvalue weighted by atomic mass is 16.5. The van der Waals surface area contributed by atoms with Crippen LogP contribution in [0.4, 0.5) is 4.79 Å². The van der Waals surface area contributed by atoms with Crippen LogP contribution in [0.2, 0.25) is 0 Å². The number of hydrogen-bond donors (Lipinski definition) is 1. The zero-order valence-electron chi connectivity index (χ0n) is 11.7. The van der Waals surface area contributed by atoms with Crippen molar-refractivity contribution in [3.05, 3.63) is 23.9 Å². The third-order valence-corrected chi connectivity index (χ3v) is 2.99. The lowest BCUT2D eigenvalue weighted by atomic mass is 10.3. The summed E-state index contributed by atoms with van der Waals surface area (Å²) in [5.74, 6) is 0.635. The van der Waals surface area contributed by atoms with E-state index in [4.69, 9.17) is 4.74 Å². The summed E-state index contributed by atoms with van der Waals surface area (Å²) in [7, 11) is 0. The number of carbonyl (C=O) groups excluding carboxylic acids is 1. The molecule has 0 aromatic carbocycles. The van der Waals surface area contributed by atoms with Crippen molar-refractivity contribution in [3.63, 3.8) is 0 Å². The molecular weight excluding hydrogens is 242 g/mol. The highest BCUT2D eigenvalue weighted by molar-refractivity contribution is 5.74. The van der Waals surface area contributed by atoms with Gasteiger partial charge in [0.25, 0.3) is 0 Å². The van der Waals surface area contributed by atoms with Crippen LogP contribution in [0.25, 0.3) is 0 Å². The molecule has 1 N–H and O–H groups in total. The predicted molar refractivity (Wildman–Crippen MR) is 73.2 cm³/mol. The Morgan fingerprint density at radius 3 is 3.00 bits per heavy atom. The van der Waals surface area contributed by atoms with Gasteiger partial charge in [0.15, 0.2) is 0 Å². The van der Waals surface area contributed by atoms with E-state index in [0.717, 1.165) is 18.7 Å². The Bertz CT molecular complexity index is 448. The molecule has 0 radical (unpaired) electrons. The Morgan fingerprint density at radius 1 is 1.53 bits per heavy atom. The number of pyridine rings is 1. The number of likely N-dealkylation sites (tertiary alicyclic amines) is 1. The first-order valence-electron chi connectivity index (χ1n) is 6.70. The number of ether oxygens (including phenoxy) is 1. The molecule has 1 saturated heterocycles. The van der Waals surface area contributed by atoms with Crippen LogP contribution in [0.1, 0.15) is 26.0 Å². The molecule has 1 aliphatic rings. The number of urea groups is 1. The molecule has 1 aliphatic heterocycles. The third kappa shape index (κ3) is 3.84. The molecule has 19 heavy (non-hydrogen) atoms. The predicted octanol–water partition coefficient (Wildman–Crippen LogP) is 1.96. The fourth-order valence-corrected chi connectivity index (χ4v) is 2.10. The van der Waals surface area contributed by atoms with E-state index in [2.05, 4.69) is 10.3 Å². The maximum Gasteiger partial charge on any atom is 0.317 e. The van der Waals surface area contributed by atoms with Gasteiger partial charge in [-0.1, -0.05) is 6.07 Å². The Kier molecular flexibility index (Phi) is 4.24. The van der Waals surface area contributed by atoms with Gasteiger partial charge in [0.05, 0.1) is 6.54 Å². The van der Waals surface area contributed by atoms with Crippen LogP contribution in [0, 0.1) is 6.92 Å². The number of aromatic nitrogens is 1. The van der Waals surface area contributed by atoms with Gasteiger partial charge in [0, 0.05) is 30.8 Å². The molecule has 1 aromatic heterocycles. The maximum atomic E-state index is 11.9. The monoisotopic (exact) mass is 263 g/mol. The Labute approximate surface area is 114 Å². The van der Waals surface area contributed by atoms with Gasteiger partial charge in [-0.2, -0.15) is 0 Å². The first-order valence-corrected chi connectivity index (χ1v) is 6.70. The minimum Gasteiger partial charge on any atom is -0.472 e. The molecule has 5 heteroatoms. The number of aryl methyl sites for hydroxylation is 1. The molecular formula is C14H21N3O2. The standard InChI is InChI=1S/C14H21N3O2/c1-10(2)15-14(18)17-8-7-12(9-17)19-13-6-4-5-11(3)16-13/h4-6,10,12H,7-9H2,1-3H3,(H,15,18). The molecule has 0 spiro atoms. The van der Waals surface area contributed by atoms with Crippen LogP contribution in [0.5, 0.6) is 5.88 Å². The summed E-state index contributed by atoms with van der Waals surface area (Å²) >= 11 is 0. The van der Waals surface area contributed by atoms with E-state index in [9.17, 15) is 4.79 Å². The van der Waals surface area contributed by atoms with Crippen molar-refractivity contribution in [2.75, 3.05) is 13.1 Å². The molecule has 0 saturated carbocycles. The second kappa shape index (κ2) is 5.91. The van der Waals surface area contributed by atoms with Crippen molar-refractivity contribution in [1.29, 1.82) is 0 Å². The van der Waals surface area contributed by atoms with Crippen LogP contribution in [0.3, 0.4) is 0 Å². The van der Waals surface area contributed by atoms with E-state index >= 15 is 0 Å². The highest BCUT2D eigenvalue weighted by Crippen LogP contribution is 2.16. The second-order valence-electron chi connectivity index (χ2n) is 5.20. The molecule has 2 amide bonds. The maximum absolute atomic E-state index is 11.9. The lowest BCUT2D eigenvalue weighted by Gasteiger charge is -2.19. The number of nitrogens with one attached hydrogen (secondary N) is 1. The zero-order valence-corrected chi connectivity index (χ0v) is 11.7. The number of amides is 2. The van der Waals surface area contributed by atoms with Crippen molar-refractivity contribution in [3.8, 4) is 5.88 Å². The average molecular weight is 263 g/mol. The minimum absolute atomic E-state index is 0.0155. The molecule has 0 aliphatic carbocycles. The molecule has 1 fully saturated rings.